The molecule has 1 N–H and O–H groups in total. The van der Waals surface area contributed by atoms with Gasteiger partial charge in [0.2, 0.25) is 5.91 Å². The number of carbonyl (C=O) groups excluding carboxylic acids is 1. The zero-order valence-corrected chi connectivity index (χ0v) is 15.2. The van der Waals surface area contributed by atoms with Crippen LogP contribution in [0.25, 0.3) is 11.1 Å². The number of carbonyl (C=O) groups is 1. The molecule has 5 heteroatoms. The summed E-state index contributed by atoms with van der Waals surface area (Å²) in [5, 5.41) is 2.96. The van der Waals surface area contributed by atoms with Crippen molar-refractivity contribution >= 4 is 23.4 Å². The summed E-state index contributed by atoms with van der Waals surface area (Å²) in [6.07, 6.45) is 6.00. The number of thioether (sulfide) groups is 1. The minimum atomic E-state index is -0.0396. The molecule has 26 heavy (non-hydrogen) atoms. The third kappa shape index (κ3) is 3.44. The Balaban J connectivity index is 1.48. The van der Waals surface area contributed by atoms with Gasteiger partial charge in [0.15, 0.2) is 0 Å². The molecule has 0 saturated heterocycles. The summed E-state index contributed by atoms with van der Waals surface area (Å²) in [7, 11) is 0. The molecule has 0 spiro atoms. The van der Waals surface area contributed by atoms with Crippen molar-refractivity contribution < 1.29 is 9.53 Å². The summed E-state index contributed by atoms with van der Waals surface area (Å²) in [6.45, 7) is 0.495. The van der Waals surface area contributed by atoms with E-state index in [1.54, 1.807) is 18.0 Å². The van der Waals surface area contributed by atoms with Crippen LogP contribution in [0.1, 0.15) is 11.1 Å². The molecule has 0 aliphatic carbocycles. The van der Waals surface area contributed by atoms with E-state index in [1.165, 1.54) is 4.90 Å². The fourth-order valence-corrected chi connectivity index (χ4v) is 3.44. The third-order valence-electron chi connectivity index (χ3n) is 4.37. The second-order valence-electron chi connectivity index (χ2n) is 6.11. The van der Waals surface area contributed by atoms with Crippen LogP contribution in [0.4, 0.5) is 5.69 Å². The molecule has 1 aliphatic rings. The van der Waals surface area contributed by atoms with Crippen LogP contribution in [-0.4, -0.2) is 17.1 Å². The highest BCUT2D eigenvalue weighted by Gasteiger charge is 2.17. The molecule has 0 saturated carbocycles. The molecular formula is C21H18N2O2S. The third-order valence-corrected chi connectivity index (χ3v) is 5.11. The molecule has 2 heterocycles. The van der Waals surface area contributed by atoms with Crippen molar-refractivity contribution in [2.75, 3.05) is 11.6 Å². The SMILES string of the molecule is CSc1ccc(CC(=O)Nc2ccc3c(c2)OCc2cnccc2-3)cc1. The van der Waals surface area contributed by atoms with Gasteiger partial charge in [-0.05, 0) is 47.7 Å². The average molecular weight is 362 g/mol. The summed E-state index contributed by atoms with van der Waals surface area (Å²) in [4.78, 5) is 17.7. The summed E-state index contributed by atoms with van der Waals surface area (Å²) >= 11 is 1.69. The lowest BCUT2D eigenvalue weighted by Gasteiger charge is -2.21. The van der Waals surface area contributed by atoms with Crippen LogP contribution in [0.3, 0.4) is 0 Å². The molecule has 0 fully saturated rings. The number of hydrogen-bond donors (Lipinski definition) is 1. The molecule has 0 radical (unpaired) electrons. The van der Waals surface area contributed by atoms with Gasteiger partial charge in [0.25, 0.3) is 0 Å². The normalized spacial score (nSPS) is 11.9. The molecule has 4 nitrogen and oxygen atoms in total. The van der Waals surface area contributed by atoms with E-state index in [2.05, 4.69) is 10.3 Å². The number of amides is 1. The van der Waals surface area contributed by atoms with E-state index in [1.807, 2.05) is 61.0 Å². The second kappa shape index (κ2) is 7.22. The van der Waals surface area contributed by atoms with E-state index in [9.17, 15) is 4.79 Å². The first kappa shape index (κ1) is 16.7. The highest BCUT2D eigenvalue weighted by Crippen LogP contribution is 2.38. The molecule has 4 rings (SSSR count). The van der Waals surface area contributed by atoms with Gasteiger partial charge in [-0.15, -0.1) is 11.8 Å². The number of nitrogens with one attached hydrogen (secondary N) is 1. The van der Waals surface area contributed by atoms with E-state index in [-0.39, 0.29) is 5.91 Å². The maximum absolute atomic E-state index is 12.3. The van der Waals surface area contributed by atoms with Crippen molar-refractivity contribution in [2.24, 2.45) is 0 Å². The van der Waals surface area contributed by atoms with Gasteiger partial charge in [0.1, 0.15) is 12.4 Å². The van der Waals surface area contributed by atoms with Gasteiger partial charge in [0.05, 0.1) is 6.42 Å². The number of ether oxygens (including phenoxy) is 1. The predicted molar refractivity (Wildman–Crippen MR) is 105 cm³/mol. The monoisotopic (exact) mass is 362 g/mol. The van der Waals surface area contributed by atoms with Crippen molar-refractivity contribution in [1.82, 2.24) is 4.98 Å². The van der Waals surface area contributed by atoms with E-state index in [4.69, 9.17) is 4.74 Å². The van der Waals surface area contributed by atoms with Crippen LogP contribution >= 0.6 is 11.8 Å². The van der Waals surface area contributed by atoms with Crippen LogP contribution in [0.15, 0.2) is 65.8 Å². The Morgan fingerprint density at radius 1 is 1.15 bits per heavy atom. The van der Waals surface area contributed by atoms with E-state index >= 15 is 0 Å². The van der Waals surface area contributed by atoms with Gasteiger partial charge in [0, 0.05) is 40.2 Å². The predicted octanol–water partition coefficient (Wildman–Crippen LogP) is 4.54. The Bertz CT molecular complexity index is 954. The van der Waals surface area contributed by atoms with Crippen molar-refractivity contribution in [1.29, 1.82) is 0 Å². The molecule has 0 atom stereocenters. The van der Waals surface area contributed by atoms with Crippen LogP contribution in [0.2, 0.25) is 0 Å². The first-order valence-corrected chi connectivity index (χ1v) is 9.58. The lowest BCUT2D eigenvalue weighted by atomic mass is 9.98. The van der Waals surface area contributed by atoms with Gasteiger partial charge in [-0.1, -0.05) is 12.1 Å². The lowest BCUT2D eigenvalue weighted by Crippen LogP contribution is -2.15. The van der Waals surface area contributed by atoms with Crippen molar-refractivity contribution in [3.63, 3.8) is 0 Å². The zero-order valence-electron chi connectivity index (χ0n) is 14.4. The van der Waals surface area contributed by atoms with Crippen molar-refractivity contribution in [2.45, 2.75) is 17.9 Å². The first-order chi connectivity index (χ1) is 12.7. The molecular weight excluding hydrogens is 344 g/mol. The van der Waals surface area contributed by atoms with Gasteiger partial charge >= 0.3 is 0 Å². The summed E-state index contributed by atoms with van der Waals surface area (Å²) in [5.41, 5.74) is 4.97. The van der Waals surface area contributed by atoms with Crippen molar-refractivity contribution in [3.8, 4) is 16.9 Å². The maximum Gasteiger partial charge on any atom is 0.228 e. The van der Waals surface area contributed by atoms with E-state index in [0.29, 0.717) is 13.0 Å². The Morgan fingerprint density at radius 3 is 2.81 bits per heavy atom. The molecule has 1 aromatic heterocycles. The van der Waals surface area contributed by atoms with Crippen LogP contribution in [0.5, 0.6) is 5.75 Å². The highest BCUT2D eigenvalue weighted by atomic mass is 32.2. The smallest absolute Gasteiger partial charge is 0.228 e. The molecule has 130 valence electrons. The van der Waals surface area contributed by atoms with Crippen LogP contribution < -0.4 is 10.1 Å². The van der Waals surface area contributed by atoms with Gasteiger partial charge in [-0.25, -0.2) is 0 Å². The summed E-state index contributed by atoms with van der Waals surface area (Å²) in [6, 6.07) is 15.8. The minimum Gasteiger partial charge on any atom is -0.488 e. The number of hydrogen-bond acceptors (Lipinski definition) is 4. The minimum absolute atomic E-state index is 0.0396. The van der Waals surface area contributed by atoms with Crippen LogP contribution in [0, 0.1) is 0 Å². The molecule has 2 aromatic carbocycles. The summed E-state index contributed by atoms with van der Waals surface area (Å²) in [5.74, 6) is 0.744. The molecule has 0 bridgehead atoms. The van der Waals surface area contributed by atoms with Gasteiger partial charge < -0.3 is 10.1 Å². The number of benzene rings is 2. The topological polar surface area (TPSA) is 51.2 Å². The fourth-order valence-electron chi connectivity index (χ4n) is 3.04. The number of rotatable bonds is 4. The average Bonchev–Trinajstić information content (AvgIpc) is 2.68. The Morgan fingerprint density at radius 2 is 2.00 bits per heavy atom. The summed E-state index contributed by atoms with van der Waals surface area (Å²) < 4.78 is 5.82. The molecule has 1 amide bonds. The Labute approximate surface area is 156 Å². The number of pyridine rings is 1. The number of anilines is 1. The van der Waals surface area contributed by atoms with Gasteiger partial charge in [-0.3, -0.25) is 9.78 Å². The first-order valence-electron chi connectivity index (χ1n) is 8.36. The lowest BCUT2D eigenvalue weighted by molar-refractivity contribution is -0.115. The zero-order chi connectivity index (χ0) is 17.9. The molecule has 0 unspecified atom stereocenters. The standard InChI is InChI=1S/C21H18N2O2S/c1-26-17-5-2-14(3-6-17)10-21(24)23-16-4-7-19-18-8-9-22-12-15(18)13-25-20(19)11-16/h2-9,11-12H,10,13H2,1H3,(H,23,24). The van der Waals surface area contributed by atoms with Gasteiger partial charge in [-0.2, -0.15) is 0 Å². The fraction of sp³-hybridized carbons (Fsp3) is 0.143. The molecule has 3 aromatic rings. The Kier molecular flexibility index (Phi) is 4.63. The highest BCUT2D eigenvalue weighted by molar-refractivity contribution is 7.98. The number of fused-ring (bicyclic) bond motifs is 3. The van der Waals surface area contributed by atoms with E-state index < -0.39 is 0 Å². The number of aromatic nitrogens is 1. The van der Waals surface area contributed by atoms with Crippen LogP contribution in [-0.2, 0) is 17.8 Å². The largest absolute Gasteiger partial charge is 0.488 e. The second-order valence-corrected chi connectivity index (χ2v) is 6.99. The quantitative estimate of drug-likeness (QED) is 0.692. The Hall–Kier alpha value is -2.79. The van der Waals surface area contributed by atoms with Crippen molar-refractivity contribution in [3.05, 3.63) is 72.1 Å². The maximum atomic E-state index is 12.3. The van der Waals surface area contributed by atoms with E-state index in [0.717, 1.165) is 33.7 Å². The molecule has 1 aliphatic heterocycles. The number of nitrogens with zero attached hydrogens (tertiary/aromatic N) is 1.